The second-order valence-electron chi connectivity index (χ2n) is 4.99. The van der Waals surface area contributed by atoms with E-state index in [2.05, 4.69) is 9.46 Å². The van der Waals surface area contributed by atoms with Crippen molar-refractivity contribution in [2.45, 2.75) is 23.5 Å². The predicted octanol–water partition coefficient (Wildman–Crippen LogP) is 3.35. The molecule has 0 saturated heterocycles. The van der Waals surface area contributed by atoms with E-state index in [0.29, 0.717) is 17.0 Å². The molecule has 1 aromatic carbocycles. The van der Waals surface area contributed by atoms with E-state index in [0.717, 1.165) is 12.1 Å². The molecule has 0 radical (unpaired) electrons. The van der Waals surface area contributed by atoms with Crippen molar-refractivity contribution in [2.24, 2.45) is 0 Å². The van der Waals surface area contributed by atoms with E-state index < -0.39 is 33.8 Å². The van der Waals surface area contributed by atoms with Gasteiger partial charge in [0.25, 0.3) is 0 Å². The van der Waals surface area contributed by atoms with Crippen LogP contribution in [0.1, 0.15) is 22.9 Å². The molecule has 0 fully saturated rings. The van der Waals surface area contributed by atoms with E-state index in [1.165, 1.54) is 18.4 Å². The van der Waals surface area contributed by atoms with Crippen molar-refractivity contribution in [3.63, 3.8) is 0 Å². The molecule has 2 aromatic rings. The number of nitrogens with one attached hydrogen (secondary N) is 1. The fraction of sp³-hybridized carbons (Fsp3) is 0.267. The number of rotatable bonds is 6. The zero-order valence-corrected chi connectivity index (χ0v) is 14.5. The van der Waals surface area contributed by atoms with Gasteiger partial charge in [0.2, 0.25) is 10.0 Å². The summed E-state index contributed by atoms with van der Waals surface area (Å²) in [5, 5.41) is 1.71. The largest absolute Gasteiger partial charge is 0.469 e. The van der Waals surface area contributed by atoms with Gasteiger partial charge in [-0.2, -0.15) is 13.2 Å². The molecule has 1 aromatic heterocycles. The summed E-state index contributed by atoms with van der Waals surface area (Å²) in [7, 11) is -2.94. The van der Waals surface area contributed by atoms with E-state index in [1.807, 2.05) is 0 Å². The summed E-state index contributed by atoms with van der Waals surface area (Å²) in [6.07, 6.45) is -4.79. The Balaban J connectivity index is 2.26. The second-order valence-corrected chi connectivity index (χ2v) is 7.68. The topological polar surface area (TPSA) is 72.5 Å². The SMILES string of the molecule is COC(=O)CC(NS(=O)(=O)c1ccc(C(F)(F)F)cc1)c1cccs1. The summed E-state index contributed by atoms with van der Waals surface area (Å²) >= 11 is 1.24. The molecule has 1 atom stereocenters. The first-order valence-corrected chi connectivity index (χ1v) is 9.29. The fourth-order valence-electron chi connectivity index (χ4n) is 2.02. The van der Waals surface area contributed by atoms with Crippen LogP contribution in [0.2, 0.25) is 0 Å². The number of sulfonamides is 1. The Morgan fingerprint density at radius 1 is 1.24 bits per heavy atom. The van der Waals surface area contributed by atoms with Crippen molar-refractivity contribution in [2.75, 3.05) is 7.11 Å². The highest BCUT2D eigenvalue weighted by Gasteiger charge is 2.31. The summed E-state index contributed by atoms with van der Waals surface area (Å²) < 4.78 is 69.5. The van der Waals surface area contributed by atoms with Gasteiger partial charge >= 0.3 is 12.1 Å². The monoisotopic (exact) mass is 393 g/mol. The molecule has 1 unspecified atom stereocenters. The first-order chi connectivity index (χ1) is 11.6. The number of hydrogen-bond acceptors (Lipinski definition) is 5. The highest BCUT2D eigenvalue weighted by molar-refractivity contribution is 7.89. The number of carbonyl (C=O) groups excluding carboxylic acids is 1. The molecule has 136 valence electrons. The van der Waals surface area contributed by atoms with E-state index in [-0.39, 0.29) is 11.3 Å². The summed E-state index contributed by atoms with van der Waals surface area (Å²) in [6, 6.07) is 5.58. The first-order valence-electron chi connectivity index (χ1n) is 6.93. The summed E-state index contributed by atoms with van der Waals surface area (Å²) in [5.41, 5.74) is -0.948. The van der Waals surface area contributed by atoms with Gasteiger partial charge in [-0.15, -0.1) is 11.3 Å². The highest BCUT2D eigenvalue weighted by atomic mass is 32.2. The number of alkyl halides is 3. The molecule has 25 heavy (non-hydrogen) atoms. The minimum atomic E-state index is -4.56. The van der Waals surface area contributed by atoms with Gasteiger partial charge in [-0.25, -0.2) is 13.1 Å². The van der Waals surface area contributed by atoms with Gasteiger partial charge in [-0.3, -0.25) is 4.79 Å². The maximum Gasteiger partial charge on any atom is 0.416 e. The number of thiophene rings is 1. The van der Waals surface area contributed by atoms with Crippen LogP contribution in [-0.2, 0) is 25.7 Å². The van der Waals surface area contributed by atoms with Crippen LogP contribution < -0.4 is 4.72 Å². The second kappa shape index (κ2) is 7.54. The molecular weight excluding hydrogens is 379 g/mol. The van der Waals surface area contributed by atoms with Crippen molar-refractivity contribution in [3.8, 4) is 0 Å². The third kappa shape index (κ3) is 5.03. The lowest BCUT2D eigenvalue weighted by atomic mass is 10.2. The lowest BCUT2D eigenvalue weighted by Gasteiger charge is -2.17. The van der Waals surface area contributed by atoms with Gasteiger partial charge in [-0.1, -0.05) is 6.07 Å². The third-order valence-electron chi connectivity index (χ3n) is 3.27. The average molecular weight is 393 g/mol. The number of esters is 1. The molecule has 5 nitrogen and oxygen atoms in total. The number of benzene rings is 1. The zero-order valence-electron chi connectivity index (χ0n) is 12.9. The quantitative estimate of drug-likeness (QED) is 0.764. The Labute approximate surface area is 146 Å². The van der Waals surface area contributed by atoms with Crippen LogP contribution in [0.5, 0.6) is 0 Å². The normalized spacial score (nSPS) is 13.4. The predicted molar refractivity (Wildman–Crippen MR) is 85.5 cm³/mol. The Bertz CT molecular complexity index is 815. The van der Waals surface area contributed by atoms with Crippen LogP contribution in [0.3, 0.4) is 0 Å². The van der Waals surface area contributed by atoms with Crippen molar-refractivity contribution in [1.29, 1.82) is 0 Å². The van der Waals surface area contributed by atoms with Crippen LogP contribution in [0, 0.1) is 0 Å². The number of ether oxygens (including phenoxy) is 1. The van der Waals surface area contributed by atoms with Crippen LogP contribution in [-0.4, -0.2) is 21.5 Å². The van der Waals surface area contributed by atoms with Crippen molar-refractivity contribution >= 4 is 27.3 Å². The standard InChI is InChI=1S/C15H14F3NO4S2/c1-23-14(20)9-12(13-3-2-8-24-13)19-25(21,22)11-6-4-10(5-7-11)15(16,17)18/h2-8,12,19H,9H2,1H3. The lowest BCUT2D eigenvalue weighted by Crippen LogP contribution is -2.30. The highest BCUT2D eigenvalue weighted by Crippen LogP contribution is 2.30. The zero-order chi connectivity index (χ0) is 18.7. The van der Waals surface area contributed by atoms with E-state index >= 15 is 0 Å². The molecule has 0 bridgehead atoms. The smallest absolute Gasteiger partial charge is 0.416 e. The van der Waals surface area contributed by atoms with E-state index in [1.54, 1.807) is 17.5 Å². The minimum Gasteiger partial charge on any atom is -0.469 e. The van der Waals surface area contributed by atoms with E-state index in [4.69, 9.17) is 0 Å². The molecule has 1 heterocycles. The average Bonchev–Trinajstić information content (AvgIpc) is 3.07. The van der Waals surface area contributed by atoms with Crippen molar-refractivity contribution in [3.05, 3.63) is 52.2 Å². The summed E-state index contributed by atoms with van der Waals surface area (Å²) in [4.78, 5) is 11.8. The Kier molecular flexibility index (Phi) is 5.86. The summed E-state index contributed by atoms with van der Waals surface area (Å²) in [5.74, 6) is -0.617. The Morgan fingerprint density at radius 3 is 2.36 bits per heavy atom. The molecule has 2 rings (SSSR count). The number of methoxy groups -OCH3 is 1. The van der Waals surface area contributed by atoms with Gasteiger partial charge in [0, 0.05) is 4.88 Å². The Hall–Kier alpha value is -1.91. The van der Waals surface area contributed by atoms with Crippen LogP contribution >= 0.6 is 11.3 Å². The fourth-order valence-corrected chi connectivity index (χ4v) is 4.09. The molecule has 1 N–H and O–H groups in total. The van der Waals surface area contributed by atoms with Gasteiger partial charge < -0.3 is 4.74 Å². The summed E-state index contributed by atoms with van der Waals surface area (Å²) in [6.45, 7) is 0. The van der Waals surface area contributed by atoms with Crippen LogP contribution in [0.25, 0.3) is 0 Å². The maximum atomic E-state index is 12.6. The van der Waals surface area contributed by atoms with Crippen molar-refractivity contribution < 1.29 is 31.1 Å². The van der Waals surface area contributed by atoms with Crippen molar-refractivity contribution in [1.82, 2.24) is 4.72 Å². The molecule has 0 aliphatic carbocycles. The van der Waals surface area contributed by atoms with E-state index in [9.17, 15) is 26.4 Å². The first kappa shape index (κ1) is 19.4. The van der Waals surface area contributed by atoms with Gasteiger partial charge in [-0.05, 0) is 35.7 Å². The minimum absolute atomic E-state index is 0.239. The molecule has 0 saturated carbocycles. The number of carbonyl (C=O) groups is 1. The number of hydrogen-bond donors (Lipinski definition) is 1. The van der Waals surface area contributed by atoms with Crippen LogP contribution in [0.15, 0.2) is 46.7 Å². The third-order valence-corrected chi connectivity index (χ3v) is 5.75. The molecule has 0 aliphatic rings. The molecule has 0 aliphatic heterocycles. The Morgan fingerprint density at radius 2 is 1.88 bits per heavy atom. The lowest BCUT2D eigenvalue weighted by molar-refractivity contribution is -0.141. The maximum absolute atomic E-state index is 12.6. The van der Waals surface area contributed by atoms with Crippen LogP contribution in [0.4, 0.5) is 13.2 Å². The number of halogens is 3. The molecule has 10 heteroatoms. The van der Waals surface area contributed by atoms with Gasteiger partial charge in [0.1, 0.15) is 0 Å². The molecule has 0 amide bonds. The molecule has 0 spiro atoms. The van der Waals surface area contributed by atoms with Gasteiger partial charge in [0.15, 0.2) is 0 Å². The van der Waals surface area contributed by atoms with Gasteiger partial charge in [0.05, 0.1) is 30.0 Å². The molecular formula is C15H14F3NO4S2.